The molecular weight excluding hydrogens is 388 g/mol. The van der Waals surface area contributed by atoms with Crippen molar-refractivity contribution >= 4 is 23.4 Å². The Morgan fingerprint density at radius 3 is 2.31 bits per heavy atom. The highest BCUT2D eigenvalue weighted by atomic mass is 35.5. The summed E-state index contributed by atoms with van der Waals surface area (Å²) in [5.41, 5.74) is 3.03. The third kappa shape index (κ3) is 7.09. The maximum absolute atomic E-state index is 13.0. The standard InChI is InChI=1S/C23H29ClN2O3/c1-5-10-25-23(28)18(4)26(14-19-6-8-20(24)9-7-19)22(27)15-29-21-12-16(2)11-17(3)13-21/h6-9,11-13,18H,5,10,14-15H2,1-4H3,(H,25,28)/t18-/m1/s1. The summed E-state index contributed by atoms with van der Waals surface area (Å²) < 4.78 is 5.73. The monoisotopic (exact) mass is 416 g/mol. The van der Waals surface area contributed by atoms with Crippen LogP contribution in [0.15, 0.2) is 42.5 Å². The first kappa shape index (κ1) is 22.8. The molecule has 0 radical (unpaired) electrons. The molecule has 0 saturated carbocycles. The molecule has 0 unspecified atom stereocenters. The van der Waals surface area contributed by atoms with Gasteiger partial charge in [0, 0.05) is 18.1 Å². The highest BCUT2D eigenvalue weighted by molar-refractivity contribution is 6.30. The molecule has 0 aliphatic rings. The van der Waals surface area contributed by atoms with Crippen LogP contribution in [-0.2, 0) is 16.1 Å². The molecule has 6 heteroatoms. The van der Waals surface area contributed by atoms with E-state index in [9.17, 15) is 9.59 Å². The first-order valence-electron chi connectivity index (χ1n) is 9.83. The van der Waals surface area contributed by atoms with Gasteiger partial charge in [-0.3, -0.25) is 9.59 Å². The van der Waals surface area contributed by atoms with E-state index in [1.807, 2.05) is 51.1 Å². The van der Waals surface area contributed by atoms with Crippen molar-refractivity contribution in [3.05, 3.63) is 64.2 Å². The number of amides is 2. The van der Waals surface area contributed by atoms with E-state index >= 15 is 0 Å². The zero-order valence-corrected chi connectivity index (χ0v) is 18.3. The third-order valence-electron chi connectivity index (χ3n) is 4.54. The SMILES string of the molecule is CCCNC(=O)[C@@H](C)N(Cc1ccc(Cl)cc1)C(=O)COc1cc(C)cc(C)c1. The minimum Gasteiger partial charge on any atom is -0.484 e. The number of carbonyl (C=O) groups is 2. The second-order valence-corrected chi connectivity index (χ2v) is 7.66. The Morgan fingerprint density at radius 2 is 1.72 bits per heavy atom. The van der Waals surface area contributed by atoms with E-state index in [2.05, 4.69) is 5.32 Å². The molecule has 0 aromatic heterocycles. The molecule has 2 rings (SSSR count). The predicted octanol–water partition coefficient (Wildman–Crippen LogP) is 4.28. The molecule has 0 aliphatic carbocycles. The van der Waals surface area contributed by atoms with E-state index in [1.165, 1.54) is 4.90 Å². The maximum Gasteiger partial charge on any atom is 0.261 e. The molecule has 1 N–H and O–H groups in total. The van der Waals surface area contributed by atoms with Crippen molar-refractivity contribution in [2.45, 2.75) is 46.7 Å². The Kier molecular flexibility index (Phi) is 8.52. The van der Waals surface area contributed by atoms with Crippen molar-refractivity contribution in [3.8, 4) is 5.75 Å². The molecule has 29 heavy (non-hydrogen) atoms. The number of rotatable bonds is 9. The zero-order chi connectivity index (χ0) is 21.4. The van der Waals surface area contributed by atoms with Gasteiger partial charge in [-0.2, -0.15) is 0 Å². The number of nitrogens with zero attached hydrogens (tertiary/aromatic N) is 1. The Balaban J connectivity index is 2.14. The number of carbonyl (C=O) groups excluding carboxylic acids is 2. The van der Waals surface area contributed by atoms with Gasteiger partial charge in [-0.25, -0.2) is 0 Å². The van der Waals surface area contributed by atoms with Gasteiger partial charge >= 0.3 is 0 Å². The number of ether oxygens (including phenoxy) is 1. The molecule has 0 spiro atoms. The largest absolute Gasteiger partial charge is 0.484 e. The van der Waals surface area contributed by atoms with Crippen LogP contribution >= 0.6 is 11.6 Å². The summed E-state index contributed by atoms with van der Waals surface area (Å²) in [4.78, 5) is 27.0. The van der Waals surface area contributed by atoms with Crippen LogP contribution in [0.5, 0.6) is 5.75 Å². The molecule has 2 aromatic rings. The maximum atomic E-state index is 13.0. The molecule has 5 nitrogen and oxygen atoms in total. The van der Waals surface area contributed by atoms with Gasteiger partial charge in [-0.15, -0.1) is 0 Å². The molecule has 2 aromatic carbocycles. The van der Waals surface area contributed by atoms with Gasteiger partial charge in [-0.05, 0) is 68.1 Å². The summed E-state index contributed by atoms with van der Waals surface area (Å²) >= 11 is 5.96. The van der Waals surface area contributed by atoms with Crippen molar-refractivity contribution < 1.29 is 14.3 Å². The zero-order valence-electron chi connectivity index (χ0n) is 17.5. The van der Waals surface area contributed by atoms with Gasteiger partial charge < -0.3 is 15.0 Å². The van der Waals surface area contributed by atoms with Crippen LogP contribution in [-0.4, -0.2) is 35.9 Å². The summed E-state index contributed by atoms with van der Waals surface area (Å²) in [6, 6.07) is 12.5. The van der Waals surface area contributed by atoms with E-state index in [0.29, 0.717) is 23.9 Å². The minimum atomic E-state index is -0.618. The van der Waals surface area contributed by atoms with E-state index in [0.717, 1.165) is 23.1 Å². The van der Waals surface area contributed by atoms with Crippen LogP contribution in [0.2, 0.25) is 5.02 Å². The predicted molar refractivity (Wildman–Crippen MR) is 116 cm³/mol. The van der Waals surface area contributed by atoms with Gasteiger partial charge in [-0.1, -0.05) is 36.7 Å². The number of hydrogen-bond acceptors (Lipinski definition) is 3. The molecule has 1 atom stereocenters. The van der Waals surface area contributed by atoms with E-state index < -0.39 is 6.04 Å². The smallest absolute Gasteiger partial charge is 0.261 e. The third-order valence-corrected chi connectivity index (χ3v) is 4.79. The minimum absolute atomic E-state index is 0.137. The van der Waals surface area contributed by atoms with E-state index in [4.69, 9.17) is 16.3 Å². The number of nitrogens with one attached hydrogen (secondary N) is 1. The van der Waals surface area contributed by atoms with Crippen LogP contribution < -0.4 is 10.1 Å². The second-order valence-electron chi connectivity index (χ2n) is 7.23. The van der Waals surface area contributed by atoms with Gasteiger partial charge in [0.05, 0.1) is 0 Å². The molecule has 0 heterocycles. The average Bonchev–Trinajstić information content (AvgIpc) is 2.68. The summed E-state index contributed by atoms with van der Waals surface area (Å²) in [6.45, 7) is 8.41. The lowest BCUT2D eigenvalue weighted by Gasteiger charge is -2.28. The highest BCUT2D eigenvalue weighted by Crippen LogP contribution is 2.17. The van der Waals surface area contributed by atoms with Crippen molar-refractivity contribution in [1.29, 1.82) is 0 Å². The fourth-order valence-electron chi connectivity index (χ4n) is 3.01. The van der Waals surface area contributed by atoms with Crippen LogP contribution in [0.1, 0.15) is 37.0 Å². The molecule has 0 aliphatic heterocycles. The number of halogens is 1. The summed E-state index contributed by atoms with van der Waals surface area (Å²) in [7, 11) is 0. The van der Waals surface area contributed by atoms with Crippen LogP contribution in [0.25, 0.3) is 0 Å². The molecule has 0 saturated heterocycles. The summed E-state index contributed by atoms with van der Waals surface area (Å²) in [6.07, 6.45) is 0.833. The summed E-state index contributed by atoms with van der Waals surface area (Å²) in [5.74, 6) is 0.212. The quantitative estimate of drug-likeness (QED) is 0.663. The molecule has 156 valence electrons. The number of benzene rings is 2. The first-order chi connectivity index (χ1) is 13.8. The number of hydrogen-bond donors (Lipinski definition) is 1. The summed E-state index contributed by atoms with van der Waals surface area (Å²) in [5, 5.41) is 3.48. The van der Waals surface area contributed by atoms with E-state index in [1.54, 1.807) is 19.1 Å². The molecular formula is C23H29ClN2O3. The Labute approximate surface area is 178 Å². The molecule has 2 amide bonds. The lowest BCUT2D eigenvalue weighted by Crippen LogP contribution is -2.49. The topological polar surface area (TPSA) is 58.6 Å². The fraction of sp³-hybridized carbons (Fsp3) is 0.391. The van der Waals surface area contributed by atoms with Crippen molar-refractivity contribution in [3.63, 3.8) is 0 Å². The number of aryl methyl sites for hydroxylation is 2. The van der Waals surface area contributed by atoms with Gasteiger partial charge in [0.1, 0.15) is 11.8 Å². The van der Waals surface area contributed by atoms with Gasteiger partial charge in [0.15, 0.2) is 6.61 Å². The van der Waals surface area contributed by atoms with E-state index in [-0.39, 0.29) is 18.4 Å². The fourth-order valence-corrected chi connectivity index (χ4v) is 3.14. The van der Waals surface area contributed by atoms with Crippen molar-refractivity contribution in [1.82, 2.24) is 10.2 Å². The van der Waals surface area contributed by atoms with Crippen molar-refractivity contribution in [2.75, 3.05) is 13.2 Å². The van der Waals surface area contributed by atoms with Gasteiger partial charge in [0.25, 0.3) is 5.91 Å². The lowest BCUT2D eigenvalue weighted by molar-refractivity contribution is -0.142. The first-order valence-corrected chi connectivity index (χ1v) is 10.2. The van der Waals surface area contributed by atoms with Crippen LogP contribution in [0.3, 0.4) is 0 Å². The highest BCUT2D eigenvalue weighted by Gasteiger charge is 2.26. The molecule has 0 fully saturated rings. The lowest BCUT2D eigenvalue weighted by atomic mass is 10.1. The Hall–Kier alpha value is -2.53. The Bertz CT molecular complexity index is 816. The van der Waals surface area contributed by atoms with Crippen LogP contribution in [0, 0.1) is 13.8 Å². The Morgan fingerprint density at radius 1 is 1.10 bits per heavy atom. The second kappa shape index (κ2) is 10.9. The average molecular weight is 417 g/mol. The van der Waals surface area contributed by atoms with Crippen LogP contribution in [0.4, 0.5) is 0 Å². The van der Waals surface area contributed by atoms with Gasteiger partial charge in [0.2, 0.25) is 5.91 Å². The normalized spacial score (nSPS) is 11.6. The molecule has 0 bridgehead atoms. The van der Waals surface area contributed by atoms with Crippen molar-refractivity contribution in [2.24, 2.45) is 0 Å².